The molecule has 0 aliphatic carbocycles. The van der Waals surface area contributed by atoms with Crippen molar-refractivity contribution in [3.05, 3.63) is 53.6 Å². The van der Waals surface area contributed by atoms with E-state index in [0.29, 0.717) is 11.3 Å². The van der Waals surface area contributed by atoms with Gasteiger partial charge < -0.3 is 59.4 Å². The first-order valence-electron chi connectivity index (χ1n) is 12.4. The monoisotopic (exact) mass is 550 g/mol. The summed E-state index contributed by atoms with van der Waals surface area (Å²) in [5.41, 5.74) is 1.52. The molecular weight excluding hydrogens is 516 g/mol. The van der Waals surface area contributed by atoms with Gasteiger partial charge in [-0.1, -0.05) is 24.3 Å². The molecule has 2 heterocycles. The molecule has 214 valence electrons. The van der Waals surface area contributed by atoms with Crippen molar-refractivity contribution < 1.29 is 59.4 Å². The number of ether oxygens (including phenoxy) is 5. The quantitative estimate of drug-likeness (QED) is 0.211. The fourth-order valence-corrected chi connectivity index (χ4v) is 4.28. The summed E-state index contributed by atoms with van der Waals surface area (Å²) in [7, 11) is 1.48. The van der Waals surface area contributed by atoms with E-state index in [4.69, 9.17) is 23.7 Å². The van der Waals surface area contributed by atoms with E-state index in [1.54, 1.807) is 48.5 Å². The van der Waals surface area contributed by atoms with Gasteiger partial charge in [-0.3, -0.25) is 0 Å². The lowest BCUT2D eigenvalue weighted by molar-refractivity contribution is -0.318. The number of hydrogen-bond acceptors (Lipinski definition) is 12. The Labute approximate surface area is 224 Å². The average molecular weight is 551 g/mol. The van der Waals surface area contributed by atoms with Crippen molar-refractivity contribution in [2.24, 2.45) is 0 Å². The Morgan fingerprint density at radius 3 is 2.03 bits per heavy atom. The molecule has 0 saturated carbocycles. The number of phenolic OH excluding ortho intramolecular Hbond substituents is 1. The zero-order chi connectivity index (χ0) is 28.3. The van der Waals surface area contributed by atoms with Crippen molar-refractivity contribution >= 4 is 12.2 Å². The van der Waals surface area contributed by atoms with Crippen molar-refractivity contribution in [2.45, 2.75) is 68.3 Å². The first-order chi connectivity index (χ1) is 18.6. The van der Waals surface area contributed by atoms with E-state index in [1.165, 1.54) is 14.0 Å². The lowest BCUT2D eigenvalue weighted by Crippen LogP contribution is -2.61. The zero-order valence-corrected chi connectivity index (χ0v) is 21.3. The van der Waals surface area contributed by atoms with Crippen LogP contribution in [0.5, 0.6) is 17.2 Å². The first-order valence-corrected chi connectivity index (χ1v) is 12.4. The van der Waals surface area contributed by atoms with Crippen LogP contribution in [0.15, 0.2) is 42.5 Å². The number of rotatable bonds is 8. The molecule has 4 rings (SSSR count). The summed E-state index contributed by atoms with van der Waals surface area (Å²) in [6.07, 6.45) is -10.4. The standard InChI is InChI=1S/C27H34O12/c1-13-20(29)22(31)24(33)26(37-13)36-12-19-21(30)23(32)25(34)27(39-19)38-18-10-15(9-17(11-18)35-2)4-3-14-5-7-16(28)8-6-14/h3-11,13,19-34H,12H2,1-2H3/t13-,19+,20-,21+,22+,23-,24+,25+,26+,27+/m0/s1. The maximum Gasteiger partial charge on any atom is 0.229 e. The maximum absolute atomic E-state index is 10.5. The molecule has 2 aliphatic heterocycles. The van der Waals surface area contributed by atoms with Crippen LogP contribution >= 0.6 is 0 Å². The highest BCUT2D eigenvalue weighted by Gasteiger charge is 2.47. The molecule has 10 atom stereocenters. The van der Waals surface area contributed by atoms with Crippen LogP contribution in [0.2, 0.25) is 0 Å². The highest BCUT2D eigenvalue weighted by molar-refractivity contribution is 5.71. The van der Waals surface area contributed by atoms with Gasteiger partial charge in [0, 0.05) is 6.07 Å². The van der Waals surface area contributed by atoms with Crippen LogP contribution in [-0.4, -0.2) is 111 Å². The third kappa shape index (κ3) is 6.87. The van der Waals surface area contributed by atoms with Gasteiger partial charge in [0.25, 0.3) is 0 Å². The molecule has 12 nitrogen and oxygen atoms in total. The number of phenols is 1. The summed E-state index contributed by atoms with van der Waals surface area (Å²) in [4.78, 5) is 0. The number of benzene rings is 2. The Morgan fingerprint density at radius 2 is 1.33 bits per heavy atom. The second kappa shape index (κ2) is 12.6. The molecule has 39 heavy (non-hydrogen) atoms. The van der Waals surface area contributed by atoms with Gasteiger partial charge in [0.1, 0.15) is 60.0 Å². The molecule has 0 bridgehead atoms. The normalized spacial score (nSPS) is 35.2. The molecule has 0 aromatic heterocycles. The van der Waals surface area contributed by atoms with Crippen LogP contribution in [0.1, 0.15) is 18.1 Å². The molecule has 12 heteroatoms. The summed E-state index contributed by atoms with van der Waals surface area (Å²) in [5, 5.41) is 70.8. The van der Waals surface area contributed by atoms with Crippen molar-refractivity contribution in [2.75, 3.05) is 13.7 Å². The minimum Gasteiger partial charge on any atom is -0.508 e. The number of methoxy groups -OCH3 is 1. The highest BCUT2D eigenvalue weighted by Crippen LogP contribution is 2.30. The maximum atomic E-state index is 10.5. The lowest BCUT2D eigenvalue weighted by atomic mass is 9.98. The smallest absolute Gasteiger partial charge is 0.229 e. The molecule has 2 saturated heterocycles. The third-order valence-corrected chi connectivity index (χ3v) is 6.65. The SMILES string of the molecule is COc1cc(C=Cc2ccc(O)cc2)cc(O[C@@H]2O[C@H](CO[C@@H]3O[C@@H](C)[C@H](O)[C@@H](O)[C@H]3O)[C@@H](O)[C@H](O)[C@H]2O)c1. The van der Waals surface area contributed by atoms with Crippen molar-refractivity contribution in [3.63, 3.8) is 0 Å². The molecule has 0 radical (unpaired) electrons. The summed E-state index contributed by atoms with van der Waals surface area (Å²) in [6, 6.07) is 11.6. The van der Waals surface area contributed by atoms with Gasteiger partial charge in [-0.15, -0.1) is 0 Å². The van der Waals surface area contributed by atoms with Crippen LogP contribution in [0.3, 0.4) is 0 Å². The van der Waals surface area contributed by atoms with E-state index in [-0.39, 0.29) is 11.5 Å². The van der Waals surface area contributed by atoms with Gasteiger partial charge in [0.05, 0.1) is 19.8 Å². The minimum absolute atomic E-state index is 0.152. The number of aromatic hydroxyl groups is 1. The molecular formula is C27H34O12. The predicted molar refractivity (Wildman–Crippen MR) is 136 cm³/mol. The van der Waals surface area contributed by atoms with Gasteiger partial charge in [0.2, 0.25) is 6.29 Å². The second-order valence-electron chi connectivity index (χ2n) is 9.51. The van der Waals surface area contributed by atoms with E-state index in [9.17, 15) is 35.7 Å². The van der Waals surface area contributed by atoms with E-state index >= 15 is 0 Å². The van der Waals surface area contributed by atoms with Gasteiger partial charge in [-0.05, 0) is 42.3 Å². The second-order valence-corrected chi connectivity index (χ2v) is 9.51. The van der Waals surface area contributed by atoms with Crippen molar-refractivity contribution in [3.8, 4) is 17.2 Å². The van der Waals surface area contributed by atoms with E-state index in [1.807, 2.05) is 6.08 Å². The minimum atomic E-state index is -1.65. The largest absolute Gasteiger partial charge is 0.508 e. The van der Waals surface area contributed by atoms with E-state index in [2.05, 4.69) is 0 Å². The Kier molecular flexibility index (Phi) is 9.43. The topological polar surface area (TPSA) is 188 Å². The lowest BCUT2D eigenvalue weighted by Gasteiger charge is -2.42. The fraction of sp³-hybridized carbons (Fsp3) is 0.481. The Hall–Kier alpha value is -2.78. The predicted octanol–water partition coefficient (Wildman–Crippen LogP) is -0.398. The summed E-state index contributed by atoms with van der Waals surface area (Å²) in [5.74, 6) is 0.838. The number of hydrogen-bond donors (Lipinski definition) is 7. The Balaban J connectivity index is 1.45. The van der Waals surface area contributed by atoms with Crippen molar-refractivity contribution in [1.82, 2.24) is 0 Å². The van der Waals surface area contributed by atoms with Crippen LogP contribution in [0, 0.1) is 0 Å². The van der Waals surface area contributed by atoms with Gasteiger partial charge in [-0.25, -0.2) is 0 Å². The van der Waals surface area contributed by atoms with Gasteiger partial charge in [-0.2, -0.15) is 0 Å². The zero-order valence-electron chi connectivity index (χ0n) is 21.3. The summed E-state index contributed by atoms with van der Waals surface area (Å²) < 4.78 is 27.7. The third-order valence-electron chi connectivity index (χ3n) is 6.65. The van der Waals surface area contributed by atoms with Crippen LogP contribution < -0.4 is 9.47 Å². The molecule has 2 aromatic rings. The molecule has 0 amide bonds. The fourth-order valence-electron chi connectivity index (χ4n) is 4.28. The first kappa shape index (κ1) is 29.2. The molecule has 7 N–H and O–H groups in total. The summed E-state index contributed by atoms with van der Waals surface area (Å²) in [6.45, 7) is 1.09. The Bertz CT molecular complexity index is 1110. The molecule has 0 spiro atoms. The molecule has 2 aromatic carbocycles. The molecule has 0 unspecified atom stereocenters. The van der Waals surface area contributed by atoms with E-state index in [0.717, 1.165) is 5.56 Å². The number of aliphatic hydroxyl groups excluding tert-OH is 6. The van der Waals surface area contributed by atoms with Crippen LogP contribution in [0.4, 0.5) is 0 Å². The average Bonchev–Trinajstić information content (AvgIpc) is 2.93. The Morgan fingerprint density at radius 1 is 0.718 bits per heavy atom. The van der Waals surface area contributed by atoms with Gasteiger partial charge >= 0.3 is 0 Å². The van der Waals surface area contributed by atoms with Crippen LogP contribution in [0.25, 0.3) is 12.2 Å². The van der Waals surface area contributed by atoms with Crippen molar-refractivity contribution in [1.29, 1.82) is 0 Å². The number of aliphatic hydroxyl groups is 6. The van der Waals surface area contributed by atoms with Crippen LogP contribution in [-0.2, 0) is 14.2 Å². The van der Waals surface area contributed by atoms with Gasteiger partial charge in [0.15, 0.2) is 6.29 Å². The summed E-state index contributed by atoms with van der Waals surface area (Å²) >= 11 is 0. The molecule has 2 fully saturated rings. The van der Waals surface area contributed by atoms with E-state index < -0.39 is 68.0 Å². The highest BCUT2D eigenvalue weighted by atomic mass is 16.7. The molecule has 2 aliphatic rings.